The summed E-state index contributed by atoms with van der Waals surface area (Å²) < 4.78 is 33.4. The largest absolute Gasteiger partial charge is 0.434 e. The summed E-state index contributed by atoms with van der Waals surface area (Å²) in [7, 11) is 1.74. The van der Waals surface area contributed by atoms with Crippen LogP contribution in [0.15, 0.2) is 36.4 Å². The van der Waals surface area contributed by atoms with E-state index in [1.165, 1.54) is 18.9 Å². The number of fused-ring (bicyclic) bond motifs is 9. The van der Waals surface area contributed by atoms with Crippen molar-refractivity contribution in [3.63, 3.8) is 0 Å². The molecule has 3 aliphatic heterocycles. The summed E-state index contributed by atoms with van der Waals surface area (Å²) in [6, 6.07) is 10.1. The Kier molecular flexibility index (Phi) is 8.37. The smallest absolute Gasteiger partial charge is 0.387 e. The van der Waals surface area contributed by atoms with Gasteiger partial charge in [-0.05, 0) is 56.3 Å². The van der Waals surface area contributed by atoms with E-state index in [1.807, 2.05) is 32.0 Å². The van der Waals surface area contributed by atoms with E-state index in [9.17, 15) is 13.6 Å². The molecule has 2 aromatic carbocycles. The number of carbonyl (C=O) groups excluding carboxylic acids is 1. The summed E-state index contributed by atoms with van der Waals surface area (Å²) in [4.78, 5) is 22.2. The Morgan fingerprint density at radius 3 is 2.63 bits per heavy atom. The van der Waals surface area contributed by atoms with E-state index >= 15 is 0 Å². The third kappa shape index (κ3) is 4.88. The van der Waals surface area contributed by atoms with E-state index in [2.05, 4.69) is 21.3 Å². The van der Waals surface area contributed by atoms with Gasteiger partial charge in [0.05, 0.1) is 23.1 Å². The molecule has 2 atom stereocenters. The molecule has 0 saturated carbocycles. The number of likely N-dealkylation sites (tertiary alicyclic amines) is 1. The summed E-state index contributed by atoms with van der Waals surface area (Å²) in [5.41, 5.74) is 3.46. The van der Waals surface area contributed by atoms with Gasteiger partial charge in [0.1, 0.15) is 11.6 Å². The first-order valence-corrected chi connectivity index (χ1v) is 13.1. The maximum Gasteiger partial charge on any atom is 0.387 e. The van der Waals surface area contributed by atoms with Crippen molar-refractivity contribution in [3.05, 3.63) is 58.9 Å². The molecule has 38 heavy (non-hydrogen) atoms. The standard InChI is InChI=1S/C27H26F2N4O2.C2H6.CH4/c1-31-22-16-21(24-18(26(31)34)8-6-9-23(24)35-27(28)29)33-20-15-17(10-11-19(20)30-25(22)33)7-2-3-12-32-13-4-5-14-32;1-2;/h6,8-11,15,21-22,27H,3-5,12-14,16H2,1H3;1-2H3;1H4/t21?,22-;;/m1../s1. The molecular formula is C30H36F2N4O2. The fraction of sp³-hybridized carbons (Fsp3) is 0.467. The molecule has 1 unspecified atom stereocenters. The number of alkyl halides is 2. The zero-order chi connectivity index (χ0) is 26.1. The lowest BCUT2D eigenvalue weighted by molar-refractivity contribution is -0.0507. The number of hydrogen-bond acceptors (Lipinski definition) is 4. The molecule has 8 heteroatoms. The lowest BCUT2D eigenvalue weighted by Gasteiger charge is -2.24. The summed E-state index contributed by atoms with van der Waals surface area (Å²) in [5.74, 6) is 7.16. The maximum absolute atomic E-state index is 13.2. The Balaban J connectivity index is 0.00000110. The lowest BCUT2D eigenvalue weighted by Crippen LogP contribution is -2.30. The van der Waals surface area contributed by atoms with Crippen LogP contribution in [0.1, 0.15) is 86.4 Å². The van der Waals surface area contributed by atoms with Crippen LogP contribution < -0.4 is 4.74 Å². The fourth-order valence-electron chi connectivity index (χ4n) is 5.74. The second kappa shape index (κ2) is 11.5. The Hall–Kier alpha value is -3.44. The molecule has 0 aliphatic carbocycles. The van der Waals surface area contributed by atoms with Crippen molar-refractivity contribution < 1.29 is 18.3 Å². The van der Waals surface area contributed by atoms with Crippen LogP contribution >= 0.6 is 0 Å². The molecule has 3 aromatic rings. The lowest BCUT2D eigenvalue weighted by atomic mass is 9.97. The molecule has 1 amide bonds. The molecule has 6 rings (SSSR count). The number of nitrogens with zero attached hydrogens (tertiary/aromatic N) is 4. The van der Waals surface area contributed by atoms with Crippen LogP contribution in [-0.4, -0.2) is 58.6 Å². The van der Waals surface area contributed by atoms with Crippen LogP contribution in [0.5, 0.6) is 5.75 Å². The summed E-state index contributed by atoms with van der Waals surface area (Å²) >= 11 is 0. The minimum Gasteiger partial charge on any atom is -0.434 e. The molecule has 0 N–H and O–H groups in total. The van der Waals surface area contributed by atoms with Crippen LogP contribution in [0.2, 0.25) is 0 Å². The Bertz CT molecular complexity index is 1370. The minimum absolute atomic E-state index is 0. The van der Waals surface area contributed by atoms with Crippen molar-refractivity contribution in [2.24, 2.45) is 0 Å². The van der Waals surface area contributed by atoms with Gasteiger partial charge >= 0.3 is 6.61 Å². The van der Waals surface area contributed by atoms with Gasteiger partial charge in [0.2, 0.25) is 0 Å². The van der Waals surface area contributed by atoms with Gasteiger partial charge in [0.25, 0.3) is 5.91 Å². The Morgan fingerprint density at radius 1 is 1.13 bits per heavy atom. The number of ether oxygens (including phenoxy) is 1. The number of rotatable bonds is 4. The van der Waals surface area contributed by atoms with Gasteiger partial charge in [-0.1, -0.05) is 39.2 Å². The first-order chi connectivity index (χ1) is 18.0. The second-order valence-electron chi connectivity index (χ2n) is 9.42. The van der Waals surface area contributed by atoms with Crippen molar-refractivity contribution in [2.75, 3.05) is 26.7 Å². The highest BCUT2D eigenvalue weighted by molar-refractivity contribution is 5.97. The number of benzene rings is 2. The van der Waals surface area contributed by atoms with Crippen molar-refractivity contribution in [2.45, 2.75) is 65.7 Å². The van der Waals surface area contributed by atoms with Crippen LogP contribution in [0.25, 0.3) is 11.0 Å². The average Bonchev–Trinajstić information content (AvgIpc) is 3.61. The Labute approximate surface area is 223 Å². The van der Waals surface area contributed by atoms with Crippen molar-refractivity contribution >= 4 is 16.9 Å². The normalized spacial score (nSPS) is 19.6. The topological polar surface area (TPSA) is 50.6 Å². The Morgan fingerprint density at radius 2 is 1.89 bits per heavy atom. The van der Waals surface area contributed by atoms with Gasteiger partial charge in [0.15, 0.2) is 0 Å². The molecule has 2 bridgehead atoms. The number of halogens is 2. The predicted octanol–water partition coefficient (Wildman–Crippen LogP) is 6.26. The number of amides is 1. The number of imidazole rings is 1. The van der Waals surface area contributed by atoms with Gasteiger partial charge in [-0.3, -0.25) is 4.79 Å². The van der Waals surface area contributed by atoms with Gasteiger partial charge in [0, 0.05) is 43.1 Å². The van der Waals surface area contributed by atoms with Crippen LogP contribution in [-0.2, 0) is 0 Å². The molecule has 0 radical (unpaired) electrons. The second-order valence-corrected chi connectivity index (χ2v) is 9.42. The van der Waals surface area contributed by atoms with E-state index < -0.39 is 6.61 Å². The zero-order valence-electron chi connectivity index (χ0n) is 21.5. The van der Waals surface area contributed by atoms with E-state index in [0.717, 1.165) is 48.5 Å². The van der Waals surface area contributed by atoms with Crippen molar-refractivity contribution in [3.8, 4) is 17.6 Å². The highest BCUT2D eigenvalue weighted by Crippen LogP contribution is 2.49. The number of hydrogen-bond donors (Lipinski definition) is 0. The molecule has 6 nitrogen and oxygen atoms in total. The van der Waals surface area contributed by atoms with E-state index in [4.69, 9.17) is 9.72 Å². The molecule has 3 aliphatic rings. The van der Waals surface area contributed by atoms with Crippen molar-refractivity contribution in [1.82, 2.24) is 19.4 Å². The molecule has 202 valence electrons. The first-order valence-electron chi connectivity index (χ1n) is 13.1. The third-order valence-corrected chi connectivity index (χ3v) is 7.39. The number of aromatic nitrogens is 2. The molecule has 4 heterocycles. The maximum atomic E-state index is 13.2. The van der Waals surface area contributed by atoms with Crippen LogP contribution in [0, 0.1) is 11.8 Å². The fourth-order valence-corrected chi connectivity index (χ4v) is 5.74. The highest BCUT2D eigenvalue weighted by Gasteiger charge is 2.45. The average molecular weight is 523 g/mol. The van der Waals surface area contributed by atoms with E-state index in [1.54, 1.807) is 24.1 Å². The molecule has 0 spiro atoms. The SMILES string of the molecule is C.CC.CN1C(=O)c2cccc(OC(F)F)c2C2C[C@@H]1c1nc3ccc(C#CCCN4CCCC4)cc3n12. The van der Waals surface area contributed by atoms with Gasteiger partial charge in [-0.15, -0.1) is 0 Å². The third-order valence-electron chi connectivity index (χ3n) is 7.39. The predicted molar refractivity (Wildman–Crippen MR) is 146 cm³/mol. The van der Waals surface area contributed by atoms with E-state index in [-0.39, 0.29) is 31.2 Å². The van der Waals surface area contributed by atoms with Crippen molar-refractivity contribution in [1.29, 1.82) is 0 Å². The quantitative estimate of drug-likeness (QED) is 0.380. The summed E-state index contributed by atoms with van der Waals surface area (Å²) in [6.45, 7) is 4.34. The molecule has 1 saturated heterocycles. The molecule has 1 aromatic heterocycles. The minimum atomic E-state index is -2.98. The summed E-state index contributed by atoms with van der Waals surface area (Å²) in [5, 5.41) is 0. The van der Waals surface area contributed by atoms with Gasteiger partial charge < -0.3 is 19.1 Å². The van der Waals surface area contributed by atoms with Crippen LogP contribution in [0.3, 0.4) is 0 Å². The van der Waals surface area contributed by atoms with Gasteiger partial charge in [-0.2, -0.15) is 8.78 Å². The van der Waals surface area contributed by atoms with Gasteiger partial charge in [-0.25, -0.2) is 4.98 Å². The van der Waals surface area contributed by atoms with Crippen LogP contribution in [0.4, 0.5) is 8.78 Å². The molecule has 1 fully saturated rings. The highest BCUT2D eigenvalue weighted by atomic mass is 19.3. The zero-order valence-corrected chi connectivity index (χ0v) is 21.5. The monoisotopic (exact) mass is 522 g/mol. The molecular weight excluding hydrogens is 486 g/mol. The summed E-state index contributed by atoms with van der Waals surface area (Å²) in [6.07, 6.45) is 3.92. The number of carbonyl (C=O) groups is 1. The van der Waals surface area contributed by atoms with E-state index in [0.29, 0.717) is 17.5 Å². The first kappa shape index (κ1) is 27.6.